The van der Waals surface area contributed by atoms with Gasteiger partial charge in [-0.15, -0.1) is 11.3 Å². The van der Waals surface area contributed by atoms with E-state index < -0.39 is 0 Å². The first-order valence-electron chi connectivity index (χ1n) is 20.5. The van der Waals surface area contributed by atoms with Gasteiger partial charge in [0.25, 0.3) is 0 Å². The van der Waals surface area contributed by atoms with Gasteiger partial charge in [-0.05, 0) is 79.9 Å². The van der Waals surface area contributed by atoms with Crippen LogP contribution in [0.25, 0.3) is 110 Å². The molecule has 0 amide bonds. The lowest BCUT2D eigenvalue weighted by molar-refractivity contribution is 1.08. The SMILES string of the molecule is c1ccc(-c2cccc(-c3c(-c4ccccc4)cccc3-c3ccc4sc5cccc(-c6nc(-c7ccccc7)nc(-c7ccccc7-c7ccccc7)n6)c5c4c3)c2)cc1. The Morgan fingerprint density at radius 2 is 0.738 bits per heavy atom. The number of benzene rings is 9. The van der Waals surface area contributed by atoms with Crippen molar-refractivity contribution < 1.29 is 0 Å². The van der Waals surface area contributed by atoms with Gasteiger partial charge in [0.05, 0.1) is 0 Å². The van der Waals surface area contributed by atoms with E-state index in [0.29, 0.717) is 17.5 Å². The van der Waals surface area contributed by atoms with E-state index in [2.05, 4.69) is 200 Å². The molecule has 9 aromatic carbocycles. The standard InChI is InChI=1S/C57H37N3S/c1-5-18-38(19-6-1)42-26-15-27-44(36-42)53-46(40-22-9-3-10-23-40)30-16-31-47(53)43-34-35-51-50(37-43)54-49(32-17-33-52(54)61-51)57-59-55(41-24-11-4-12-25-41)58-56(60-57)48-29-14-13-28-45(48)39-20-7-2-8-21-39/h1-37H. The van der Waals surface area contributed by atoms with E-state index in [9.17, 15) is 0 Å². The molecule has 0 spiro atoms. The van der Waals surface area contributed by atoms with Gasteiger partial charge < -0.3 is 0 Å². The van der Waals surface area contributed by atoms with Crippen LogP contribution in [-0.2, 0) is 0 Å². The van der Waals surface area contributed by atoms with Crippen molar-refractivity contribution in [1.29, 1.82) is 0 Å². The number of nitrogens with zero attached hydrogens (tertiary/aromatic N) is 3. The van der Waals surface area contributed by atoms with Crippen molar-refractivity contribution in [3.8, 4) is 89.8 Å². The van der Waals surface area contributed by atoms with Crippen LogP contribution in [0.2, 0.25) is 0 Å². The van der Waals surface area contributed by atoms with Crippen molar-refractivity contribution in [3.05, 3.63) is 224 Å². The van der Waals surface area contributed by atoms with Crippen LogP contribution in [-0.4, -0.2) is 15.0 Å². The summed E-state index contributed by atoms with van der Waals surface area (Å²) in [6.07, 6.45) is 0. The fourth-order valence-electron chi connectivity index (χ4n) is 8.51. The van der Waals surface area contributed by atoms with Crippen molar-refractivity contribution in [1.82, 2.24) is 15.0 Å². The Kier molecular flexibility index (Phi) is 9.38. The lowest BCUT2D eigenvalue weighted by Crippen LogP contribution is -2.01. The first kappa shape index (κ1) is 36.3. The molecule has 0 aliphatic heterocycles. The minimum Gasteiger partial charge on any atom is -0.208 e. The number of aromatic nitrogens is 3. The second-order valence-corrected chi connectivity index (χ2v) is 16.2. The monoisotopic (exact) mass is 795 g/mol. The largest absolute Gasteiger partial charge is 0.208 e. The summed E-state index contributed by atoms with van der Waals surface area (Å²) in [7, 11) is 0. The molecule has 0 aliphatic rings. The lowest BCUT2D eigenvalue weighted by atomic mass is 9.86. The van der Waals surface area contributed by atoms with Gasteiger partial charge in [0.1, 0.15) is 0 Å². The molecule has 11 aromatic rings. The molecule has 0 radical (unpaired) electrons. The summed E-state index contributed by atoms with van der Waals surface area (Å²) in [4.78, 5) is 15.7. The predicted octanol–water partition coefficient (Wildman–Crippen LogP) is 15.6. The number of fused-ring (bicyclic) bond motifs is 3. The molecular formula is C57H37N3S. The molecule has 286 valence electrons. The van der Waals surface area contributed by atoms with Gasteiger partial charge in [0.2, 0.25) is 0 Å². The highest BCUT2D eigenvalue weighted by Gasteiger charge is 2.20. The Labute approximate surface area is 359 Å². The summed E-state index contributed by atoms with van der Waals surface area (Å²) < 4.78 is 2.40. The quantitative estimate of drug-likeness (QED) is 0.154. The van der Waals surface area contributed by atoms with Gasteiger partial charge in [-0.25, -0.2) is 15.0 Å². The summed E-state index contributed by atoms with van der Waals surface area (Å²) in [5, 5.41) is 2.32. The summed E-state index contributed by atoms with van der Waals surface area (Å²) in [5.41, 5.74) is 14.5. The van der Waals surface area contributed by atoms with Crippen LogP contribution in [0.15, 0.2) is 224 Å². The second-order valence-electron chi connectivity index (χ2n) is 15.1. The van der Waals surface area contributed by atoms with E-state index in [1.807, 2.05) is 24.3 Å². The molecule has 3 nitrogen and oxygen atoms in total. The molecule has 2 heterocycles. The third-order valence-electron chi connectivity index (χ3n) is 11.4. The van der Waals surface area contributed by atoms with Gasteiger partial charge in [0, 0.05) is 36.9 Å². The average Bonchev–Trinajstić information content (AvgIpc) is 3.73. The minimum absolute atomic E-state index is 0.639. The van der Waals surface area contributed by atoms with Gasteiger partial charge in [-0.2, -0.15) is 0 Å². The Morgan fingerprint density at radius 3 is 1.44 bits per heavy atom. The number of hydrogen-bond donors (Lipinski definition) is 0. The van der Waals surface area contributed by atoms with E-state index in [4.69, 9.17) is 15.0 Å². The summed E-state index contributed by atoms with van der Waals surface area (Å²) in [5.74, 6) is 1.92. The zero-order valence-corrected chi connectivity index (χ0v) is 33.9. The Bertz CT molecular complexity index is 3340. The van der Waals surface area contributed by atoms with Crippen molar-refractivity contribution in [2.45, 2.75) is 0 Å². The zero-order valence-electron chi connectivity index (χ0n) is 33.1. The van der Waals surface area contributed by atoms with Crippen LogP contribution in [0.5, 0.6) is 0 Å². The van der Waals surface area contributed by atoms with Gasteiger partial charge in [0.15, 0.2) is 17.5 Å². The summed E-state index contributed by atoms with van der Waals surface area (Å²) in [6, 6.07) is 79.5. The van der Waals surface area contributed by atoms with E-state index >= 15 is 0 Å². The molecule has 0 unspecified atom stereocenters. The molecule has 0 saturated heterocycles. The fourth-order valence-corrected chi connectivity index (χ4v) is 9.62. The number of rotatable bonds is 8. The first-order chi connectivity index (χ1) is 30.2. The lowest BCUT2D eigenvalue weighted by Gasteiger charge is -2.17. The topological polar surface area (TPSA) is 38.7 Å². The van der Waals surface area contributed by atoms with Crippen molar-refractivity contribution in [2.75, 3.05) is 0 Å². The molecule has 0 saturated carbocycles. The van der Waals surface area contributed by atoms with Crippen molar-refractivity contribution >= 4 is 31.5 Å². The van der Waals surface area contributed by atoms with Gasteiger partial charge in [-0.3, -0.25) is 0 Å². The Balaban J connectivity index is 1.12. The molecule has 0 atom stereocenters. The second kappa shape index (κ2) is 15.8. The van der Waals surface area contributed by atoms with Gasteiger partial charge >= 0.3 is 0 Å². The molecular weight excluding hydrogens is 759 g/mol. The third kappa shape index (κ3) is 6.89. The molecule has 0 N–H and O–H groups in total. The van der Waals surface area contributed by atoms with E-state index in [-0.39, 0.29) is 0 Å². The van der Waals surface area contributed by atoms with Crippen molar-refractivity contribution in [3.63, 3.8) is 0 Å². The highest BCUT2D eigenvalue weighted by atomic mass is 32.1. The Morgan fingerprint density at radius 1 is 0.262 bits per heavy atom. The molecule has 0 aliphatic carbocycles. The van der Waals surface area contributed by atoms with Gasteiger partial charge in [-0.1, -0.05) is 200 Å². The number of thiophene rings is 1. The zero-order chi connectivity index (χ0) is 40.5. The van der Waals surface area contributed by atoms with E-state index in [0.717, 1.165) is 38.8 Å². The maximum absolute atomic E-state index is 5.32. The summed E-state index contributed by atoms with van der Waals surface area (Å²) in [6.45, 7) is 0. The molecule has 2 aromatic heterocycles. The van der Waals surface area contributed by atoms with Crippen molar-refractivity contribution in [2.24, 2.45) is 0 Å². The molecule has 0 bridgehead atoms. The van der Waals surface area contributed by atoms with E-state index in [1.54, 1.807) is 11.3 Å². The van der Waals surface area contributed by atoms with Crippen LogP contribution in [0.4, 0.5) is 0 Å². The predicted molar refractivity (Wildman–Crippen MR) is 256 cm³/mol. The number of hydrogen-bond acceptors (Lipinski definition) is 4. The minimum atomic E-state index is 0.639. The highest BCUT2D eigenvalue weighted by molar-refractivity contribution is 7.26. The molecule has 61 heavy (non-hydrogen) atoms. The van der Waals surface area contributed by atoms with Crippen LogP contribution in [0.3, 0.4) is 0 Å². The summed E-state index contributed by atoms with van der Waals surface area (Å²) >= 11 is 1.80. The Hall–Kier alpha value is -7.79. The maximum atomic E-state index is 5.32. The maximum Gasteiger partial charge on any atom is 0.164 e. The van der Waals surface area contributed by atoms with E-state index in [1.165, 1.54) is 53.7 Å². The van der Waals surface area contributed by atoms with Crippen LogP contribution >= 0.6 is 11.3 Å². The highest BCUT2D eigenvalue weighted by Crippen LogP contribution is 2.45. The molecule has 0 fully saturated rings. The first-order valence-corrected chi connectivity index (χ1v) is 21.3. The van der Waals surface area contributed by atoms with Crippen LogP contribution in [0, 0.1) is 0 Å². The van der Waals surface area contributed by atoms with Crippen LogP contribution < -0.4 is 0 Å². The fraction of sp³-hybridized carbons (Fsp3) is 0. The van der Waals surface area contributed by atoms with Crippen LogP contribution in [0.1, 0.15) is 0 Å². The smallest absolute Gasteiger partial charge is 0.164 e. The molecule has 4 heteroatoms. The normalized spacial score (nSPS) is 11.3. The third-order valence-corrected chi connectivity index (χ3v) is 12.5. The molecule has 11 rings (SSSR count). The average molecular weight is 796 g/mol.